The molecule has 0 aromatic heterocycles. The van der Waals surface area contributed by atoms with Gasteiger partial charge in [0.1, 0.15) is 5.75 Å². The summed E-state index contributed by atoms with van der Waals surface area (Å²) in [5, 5.41) is 6.04. The Labute approximate surface area is 161 Å². The van der Waals surface area contributed by atoms with Crippen LogP contribution in [0, 0.1) is 6.92 Å². The highest BCUT2D eigenvalue weighted by molar-refractivity contribution is 5.88. The Morgan fingerprint density at radius 1 is 1.30 bits per heavy atom. The highest BCUT2D eigenvalue weighted by Gasteiger charge is 2.32. The van der Waals surface area contributed by atoms with Crippen molar-refractivity contribution in [3.8, 4) is 5.75 Å². The Kier molecular flexibility index (Phi) is 6.72. The lowest BCUT2D eigenvalue weighted by atomic mass is 9.95. The molecule has 2 aliphatic rings. The molecule has 6 heteroatoms. The lowest BCUT2D eigenvalue weighted by Crippen LogP contribution is -2.56. The molecule has 2 amide bonds. The molecule has 1 heterocycles. The molecule has 0 bridgehead atoms. The number of nitrogens with zero attached hydrogens (tertiary/aromatic N) is 1. The van der Waals surface area contributed by atoms with Crippen LogP contribution < -0.4 is 15.4 Å². The van der Waals surface area contributed by atoms with E-state index in [1.807, 2.05) is 19.1 Å². The zero-order valence-corrected chi connectivity index (χ0v) is 16.4. The Balaban J connectivity index is 1.63. The smallest absolute Gasteiger partial charge is 0.237 e. The molecule has 6 nitrogen and oxygen atoms in total. The summed E-state index contributed by atoms with van der Waals surface area (Å²) in [6, 6.07) is 5.93. The van der Waals surface area contributed by atoms with Crippen molar-refractivity contribution in [2.24, 2.45) is 0 Å². The largest absolute Gasteiger partial charge is 0.496 e. The number of carbonyl (C=O) groups excluding carboxylic acids is 2. The molecule has 3 rings (SSSR count). The second-order valence-electron chi connectivity index (χ2n) is 7.69. The van der Waals surface area contributed by atoms with Gasteiger partial charge in [-0.05, 0) is 37.0 Å². The van der Waals surface area contributed by atoms with E-state index in [2.05, 4.69) is 21.6 Å². The lowest BCUT2D eigenvalue weighted by Gasteiger charge is -2.35. The van der Waals surface area contributed by atoms with Crippen LogP contribution in [-0.2, 0) is 16.1 Å². The maximum atomic E-state index is 12.5. The maximum Gasteiger partial charge on any atom is 0.237 e. The maximum absolute atomic E-state index is 12.5. The molecule has 2 N–H and O–H groups in total. The summed E-state index contributed by atoms with van der Waals surface area (Å²) in [7, 11) is 1.66. The number of hydrogen-bond acceptors (Lipinski definition) is 4. The van der Waals surface area contributed by atoms with E-state index in [1.54, 1.807) is 7.11 Å². The number of carbonyl (C=O) groups is 2. The van der Waals surface area contributed by atoms with Crippen molar-refractivity contribution >= 4 is 11.8 Å². The SMILES string of the molecule is COc1ccc(CN2CCNC(=O)[C@@H]2CC(=O)NC2CCCCC2)cc1C. The Hall–Kier alpha value is -2.08. The fraction of sp³-hybridized carbons (Fsp3) is 0.619. The molecule has 1 saturated heterocycles. The molecule has 27 heavy (non-hydrogen) atoms. The molecule has 2 fully saturated rings. The Morgan fingerprint density at radius 2 is 2.07 bits per heavy atom. The fourth-order valence-corrected chi connectivity index (χ4v) is 4.16. The van der Waals surface area contributed by atoms with E-state index in [-0.39, 0.29) is 24.3 Å². The second-order valence-corrected chi connectivity index (χ2v) is 7.69. The predicted molar refractivity (Wildman–Crippen MR) is 105 cm³/mol. The number of piperazine rings is 1. The van der Waals surface area contributed by atoms with E-state index >= 15 is 0 Å². The summed E-state index contributed by atoms with van der Waals surface area (Å²) in [5.41, 5.74) is 2.20. The zero-order valence-electron chi connectivity index (χ0n) is 16.4. The molecule has 1 aliphatic heterocycles. The number of rotatable bonds is 6. The molecule has 0 radical (unpaired) electrons. The highest BCUT2D eigenvalue weighted by atomic mass is 16.5. The van der Waals surface area contributed by atoms with E-state index in [4.69, 9.17) is 4.74 Å². The van der Waals surface area contributed by atoms with E-state index in [9.17, 15) is 9.59 Å². The number of methoxy groups -OCH3 is 1. The van der Waals surface area contributed by atoms with Gasteiger partial charge in [-0.3, -0.25) is 14.5 Å². The molecular formula is C21H31N3O3. The number of nitrogens with one attached hydrogen (secondary N) is 2. The first kappa shape index (κ1) is 19.7. The van der Waals surface area contributed by atoms with Crippen molar-refractivity contribution in [2.75, 3.05) is 20.2 Å². The topological polar surface area (TPSA) is 70.7 Å². The summed E-state index contributed by atoms with van der Waals surface area (Å²) >= 11 is 0. The van der Waals surface area contributed by atoms with Crippen molar-refractivity contribution in [3.63, 3.8) is 0 Å². The van der Waals surface area contributed by atoms with Gasteiger partial charge in [0, 0.05) is 25.7 Å². The third-order valence-corrected chi connectivity index (χ3v) is 5.64. The third-order valence-electron chi connectivity index (χ3n) is 5.64. The summed E-state index contributed by atoms with van der Waals surface area (Å²) < 4.78 is 5.32. The number of amides is 2. The first-order valence-corrected chi connectivity index (χ1v) is 10.0. The minimum Gasteiger partial charge on any atom is -0.496 e. The number of aryl methyl sites for hydroxylation is 1. The third kappa shape index (κ3) is 5.22. The van der Waals surface area contributed by atoms with Gasteiger partial charge in [0.15, 0.2) is 0 Å². The quantitative estimate of drug-likeness (QED) is 0.802. The molecule has 1 aromatic rings. The van der Waals surface area contributed by atoms with Crippen LogP contribution in [0.15, 0.2) is 18.2 Å². The van der Waals surface area contributed by atoms with Crippen molar-refractivity contribution in [3.05, 3.63) is 29.3 Å². The van der Waals surface area contributed by atoms with Crippen LogP contribution in [0.3, 0.4) is 0 Å². The van der Waals surface area contributed by atoms with Crippen molar-refractivity contribution in [1.29, 1.82) is 0 Å². The molecule has 1 saturated carbocycles. The van der Waals surface area contributed by atoms with Gasteiger partial charge in [-0.15, -0.1) is 0 Å². The predicted octanol–water partition coefficient (Wildman–Crippen LogP) is 2.14. The minimum absolute atomic E-state index is 0.0140. The molecular weight excluding hydrogens is 342 g/mol. The van der Waals surface area contributed by atoms with E-state index in [1.165, 1.54) is 19.3 Å². The monoisotopic (exact) mass is 373 g/mol. The summed E-state index contributed by atoms with van der Waals surface area (Å²) in [4.78, 5) is 27.1. The van der Waals surface area contributed by atoms with Crippen LogP contribution in [0.2, 0.25) is 0 Å². The van der Waals surface area contributed by atoms with Crippen molar-refractivity contribution < 1.29 is 14.3 Å². The Morgan fingerprint density at radius 3 is 2.78 bits per heavy atom. The normalized spacial score (nSPS) is 21.6. The van der Waals surface area contributed by atoms with Gasteiger partial charge in [0.2, 0.25) is 11.8 Å². The first-order chi connectivity index (χ1) is 13.1. The molecule has 0 unspecified atom stereocenters. The van der Waals surface area contributed by atoms with E-state index < -0.39 is 6.04 Å². The van der Waals surface area contributed by atoms with Crippen molar-refractivity contribution in [1.82, 2.24) is 15.5 Å². The van der Waals surface area contributed by atoms with Crippen LogP contribution in [0.25, 0.3) is 0 Å². The van der Waals surface area contributed by atoms with Gasteiger partial charge in [-0.1, -0.05) is 31.4 Å². The van der Waals surface area contributed by atoms with Crippen LogP contribution >= 0.6 is 0 Å². The van der Waals surface area contributed by atoms with E-state index in [0.717, 1.165) is 36.3 Å². The summed E-state index contributed by atoms with van der Waals surface area (Å²) in [6.07, 6.45) is 5.94. The van der Waals surface area contributed by atoms with Gasteiger partial charge in [0.25, 0.3) is 0 Å². The van der Waals surface area contributed by atoms with Crippen LogP contribution in [-0.4, -0.2) is 49.0 Å². The summed E-state index contributed by atoms with van der Waals surface area (Å²) in [6.45, 7) is 4.03. The average molecular weight is 373 g/mol. The van der Waals surface area contributed by atoms with Crippen molar-refractivity contribution in [2.45, 2.75) is 64.1 Å². The summed E-state index contributed by atoms with van der Waals surface area (Å²) in [5.74, 6) is 0.795. The molecule has 148 valence electrons. The second kappa shape index (κ2) is 9.22. The van der Waals surface area contributed by atoms with Gasteiger partial charge >= 0.3 is 0 Å². The minimum atomic E-state index is -0.412. The molecule has 1 aliphatic carbocycles. The molecule has 0 spiro atoms. The highest BCUT2D eigenvalue weighted by Crippen LogP contribution is 2.22. The first-order valence-electron chi connectivity index (χ1n) is 10.0. The molecule has 1 aromatic carbocycles. The standard InChI is InChI=1S/C21H31N3O3/c1-15-12-16(8-9-19(15)27-2)14-24-11-10-22-21(26)18(24)13-20(25)23-17-6-4-3-5-7-17/h8-9,12,17-18H,3-7,10-11,13-14H2,1-2H3,(H,22,26)(H,23,25)/t18-/m0/s1. The number of hydrogen-bond donors (Lipinski definition) is 2. The fourth-order valence-electron chi connectivity index (χ4n) is 4.16. The van der Waals surface area contributed by atoms with Crippen LogP contribution in [0.1, 0.15) is 49.7 Å². The van der Waals surface area contributed by atoms with Gasteiger partial charge in [-0.2, -0.15) is 0 Å². The van der Waals surface area contributed by atoms with Crippen LogP contribution in [0.5, 0.6) is 5.75 Å². The average Bonchev–Trinajstić information content (AvgIpc) is 2.65. The molecule has 1 atom stereocenters. The number of benzene rings is 1. The van der Waals surface area contributed by atoms with Crippen LogP contribution in [0.4, 0.5) is 0 Å². The van der Waals surface area contributed by atoms with Gasteiger partial charge in [-0.25, -0.2) is 0 Å². The van der Waals surface area contributed by atoms with Gasteiger partial charge < -0.3 is 15.4 Å². The number of ether oxygens (including phenoxy) is 1. The van der Waals surface area contributed by atoms with E-state index in [0.29, 0.717) is 13.1 Å². The lowest BCUT2D eigenvalue weighted by molar-refractivity contribution is -0.134. The zero-order chi connectivity index (χ0) is 19.2. The Bertz CT molecular complexity index is 671. The van der Waals surface area contributed by atoms with Gasteiger partial charge in [0.05, 0.1) is 19.6 Å².